The van der Waals surface area contributed by atoms with E-state index in [0.29, 0.717) is 10.8 Å². The van der Waals surface area contributed by atoms with E-state index in [0.717, 1.165) is 30.2 Å². The van der Waals surface area contributed by atoms with E-state index in [-0.39, 0.29) is 0 Å². The Balaban J connectivity index is 2.07. The fraction of sp³-hybridized carbons (Fsp3) is 1.00. The summed E-state index contributed by atoms with van der Waals surface area (Å²) in [6.07, 6.45) is 8.67. The van der Waals surface area contributed by atoms with Crippen LogP contribution in [0, 0.1) is 34.5 Å². The molecule has 0 aromatic heterocycles. The van der Waals surface area contributed by atoms with Gasteiger partial charge in [-0.1, -0.05) is 54.4 Å². The minimum Gasteiger partial charge on any atom is -0.316 e. The topological polar surface area (TPSA) is 12.0 Å². The second-order valence-corrected chi connectivity index (χ2v) is 8.64. The van der Waals surface area contributed by atoms with Crippen molar-refractivity contribution in [1.29, 1.82) is 0 Å². The SMILES string of the molecule is CCNCC1(C)CC1(C)C1CCC(CC)C(C)C(CC)C1. The maximum absolute atomic E-state index is 3.61. The van der Waals surface area contributed by atoms with Crippen LogP contribution in [0.15, 0.2) is 0 Å². The van der Waals surface area contributed by atoms with Crippen molar-refractivity contribution in [3.05, 3.63) is 0 Å². The molecule has 0 bridgehead atoms. The molecule has 1 heteroatoms. The predicted octanol–water partition coefficient (Wildman–Crippen LogP) is 5.50. The van der Waals surface area contributed by atoms with E-state index in [1.165, 1.54) is 45.1 Å². The summed E-state index contributed by atoms with van der Waals surface area (Å²) < 4.78 is 0. The molecule has 2 rings (SSSR count). The van der Waals surface area contributed by atoms with Gasteiger partial charge in [0.15, 0.2) is 0 Å². The third-order valence-electron chi connectivity index (χ3n) is 7.69. The third-order valence-corrected chi connectivity index (χ3v) is 7.69. The van der Waals surface area contributed by atoms with Crippen molar-refractivity contribution in [1.82, 2.24) is 5.32 Å². The first kappa shape index (κ1) is 17.3. The first-order chi connectivity index (χ1) is 9.91. The lowest BCUT2D eigenvalue weighted by Crippen LogP contribution is -2.29. The Morgan fingerprint density at radius 3 is 2.24 bits per heavy atom. The summed E-state index contributed by atoms with van der Waals surface area (Å²) in [4.78, 5) is 0. The van der Waals surface area contributed by atoms with Gasteiger partial charge in [-0.3, -0.25) is 0 Å². The van der Waals surface area contributed by atoms with Gasteiger partial charge in [-0.2, -0.15) is 0 Å². The molecule has 0 saturated heterocycles. The van der Waals surface area contributed by atoms with Gasteiger partial charge in [0.2, 0.25) is 0 Å². The third kappa shape index (κ3) is 3.19. The Kier molecular flexibility index (Phi) is 5.45. The van der Waals surface area contributed by atoms with Crippen molar-refractivity contribution >= 4 is 0 Å². The van der Waals surface area contributed by atoms with E-state index in [1.807, 2.05) is 0 Å². The maximum atomic E-state index is 3.61. The van der Waals surface area contributed by atoms with Gasteiger partial charge in [0.25, 0.3) is 0 Å². The Morgan fingerprint density at radius 1 is 1.00 bits per heavy atom. The lowest BCUT2D eigenvalue weighted by atomic mass is 9.75. The van der Waals surface area contributed by atoms with Gasteiger partial charge < -0.3 is 5.32 Å². The van der Waals surface area contributed by atoms with Crippen LogP contribution in [0.25, 0.3) is 0 Å². The Morgan fingerprint density at radius 2 is 1.67 bits per heavy atom. The Labute approximate surface area is 133 Å². The molecule has 1 N–H and O–H groups in total. The largest absolute Gasteiger partial charge is 0.316 e. The Bertz CT molecular complexity index is 339. The second-order valence-electron chi connectivity index (χ2n) is 8.64. The van der Waals surface area contributed by atoms with E-state index >= 15 is 0 Å². The average molecular weight is 294 g/mol. The van der Waals surface area contributed by atoms with Gasteiger partial charge in [0.05, 0.1) is 0 Å². The normalized spacial score (nSPS) is 47.1. The van der Waals surface area contributed by atoms with E-state index in [9.17, 15) is 0 Å². The van der Waals surface area contributed by atoms with E-state index < -0.39 is 0 Å². The molecule has 0 spiro atoms. The van der Waals surface area contributed by atoms with Crippen LogP contribution in [0.3, 0.4) is 0 Å². The monoisotopic (exact) mass is 293 g/mol. The summed E-state index contributed by atoms with van der Waals surface area (Å²) in [5, 5.41) is 3.61. The molecule has 0 radical (unpaired) electrons. The van der Waals surface area contributed by atoms with Crippen LogP contribution >= 0.6 is 0 Å². The first-order valence-corrected chi connectivity index (χ1v) is 9.62. The fourth-order valence-corrected chi connectivity index (χ4v) is 5.52. The van der Waals surface area contributed by atoms with Crippen LogP contribution in [0.4, 0.5) is 0 Å². The van der Waals surface area contributed by atoms with Crippen molar-refractivity contribution in [2.75, 3.05) is 13.1 Å². The van der Waals surface area contributed by atoms with E-state index in [1.54, 1.807) is 0 Å². The highest BCUT2D eigenvalue weighted by molar-refractivity contribution is 5.13. The smallest absolute Gasteiger partial charge is 0.00106 e. The average Bonchev–Trinajstić information content (AvgIpc) is 3.08. The minimum atomic E-state index is 0.557. The highest BCUT2D eigenvalue weighted by atomic mass is 14.9. The summed E-state index contributed by atoms with van der Waals surface area (Å²) in [6.45, 7) is 17.1. The van der Waals surface area contributed by atoms with Crippen LogP contribution in [-0.4, -0.2) is 13.1 Å². The molecule has 2 aliphatic carbocycles. The molecule has 6 unspecified atom stereocenters. The molecule has 21 heavy (non-hydrogen) atoms. The maximum Gasteiger partial charge on any atom is 0.00106 e. The van der Waals surface area contributed by atoms with Gasteiger partial charge >= 0.3 is 0 Å². The molecule has 0 aromatic carbocycles. The van der Waals surface area contributed by atoms with Crippen molar-refractivity contribution < 1.29 is 0 Å². The molecule has 124 valence electrons. The summed E-state index contributed by atoms with van der Waals surface area (Å²) in [7, 11) is 0. The first-order valence-electron chi connectivity index (χ1n) is 9.62. The zero-order chi connectivity index (χ0) is 15.7. The van der Waals surface area contributed by atoms with Crippen LogP contribution < -0.4 is 5.32 Å². The standard InChI is InChI=1S/C20H39N/c1-7-16-10-11-18(12-17(8-2)15(16)4)20(6)13-19(20,5)14-21-9-3/h15-18,21H,7-14H2,1-6H3. The van der Waals surface area contributed by atoms with Crippen molar-refractivity contribution in [3.63, 3.8) is 0 Å². The number of hydrogen-bond acceptors (Lipinski definition) is 1. The van der Waals surface area contributed by atoms with E-state index in [4.69, 9.17) is 0 Å². The molecular weight excluding hydrogens is 254 g/mol. The molecule has 0 aromatic rings. The van der Waals surface area contributed by atoms with Gasteiger partial charge in [-0.25, -0.2) is 0 Å². The van der Waals surface area contributed by atoms with Crippen LogP contribution in [-0.2, 0) is 0 Å². The lowest BCUT2D eigenvalue weighted by molar-refractivity contribution is 0.187. The Hall–Kier alpha value is -0.0400. The van der Waals surface area contributed by atoms with Gasteiger partial charge in [-0.05, 0) is 66.7 Å². The molecule has 0 amide bonds. The lowest BCUT2D eigenvalue weighted by Gasteiger charge is -2.31. The summed E-state index contributed by atoms with van der Waals surface area (Å²) >= 11 is 0. The van der Waals surface area contributed by atoms with Crippen LogP contribution in [0.1, 0.15) is 80.1 Å². The zero-order valence-electron chi connectivity index (χ0n) is 15.5. The summed E-state index contributed by atoms with van der Waals surface area (Å²) in [6, 6.07) is 0. The fourth-order valence-electron chi connectivity index (χ4n) is 5.52. The van der Waals surface area contributed by atoms with Crippen LogP contribution in [0.5, 0.6) is 0 Å². The van der Waals surface area contributed by atoms with Crippen molar-refractivity contribution in [3.8, 4) is 0 Å². The number of rotatable bonds is 6. The molecule has 2 saturated carbocycles. The zero-order valence-corrected chi connectivity index (χ0v) is 15.5. The predicted molar refractivity (Wildman–Crippen MR) is 93.4 cm³/mol. The molecule has 2 aliphatic rings. The quantitative estimate of drug-likeness (QED) is 0.637. The summed E-state index contributed by atoms with van der Waals surface area (Å²) in [5.41, 5.74) is 1.16. The second kappa shape index (κ2) is 6.60. The molecular formula is C20H39N. The minimum absolute atomic E-state index is 0.557. The summed E-state index contributed by atoms with van der Waals surface area (Å²) in [5.74, 6) is 3.84. The molecule has 2 fully saturated rings. The van der Waals surface area contributed by atoms with Crippen molar-refractivity contribution in [2.24, 2.45) is 34.5 Å². The van der Waals surface area contributed by atoms with Gasteiger partial charge in [0, 0.05) is 6.54 Å². The molecule has 1 nitrogen and oxygen atoms in total. The number of hydrogen-bond donors (Lipinski definition) is 1. The molecule has 0 aliphatic heterocycles. The molecule has 6 atom stereocenters. The van der Waals surface area contributed by atoms with Gasteiger partial charge in [-0.15, -0.1) is 0 Å². The molecule has 0 heterocycles. The number of nitrogens with one attached hydrogen (secondary N) is 1. The van der Waals surface area contributed by atoms with Crippen LogP contribution in [0.2, 0.25) is 0 Å². The van der Waals surface area contributed by atoms with E-state index in [2.05, 4.69) is 46.9 Å². The van der Waals surface area contributed by atoms with Crippen molar-refractivity contribution in [2.45, 2.75) is 80.1 Å². The van der Waals surface area contributed by atoms with Gasteiger partial charge in [0.1, 0.15) is 0 Å². The highest BCUT2D eigenvalue weighted by Crippen LogP contribution is 2.69. The highest BCUT2D eigenvalue weighted by Gasteiger charge is 2.63.